The van der Waals surface area contributed by atoms with Crippen molar-refractivity contribution in [2.24, 2.45) is 0 Å². The number of hydrogen-bond acceptors (Lipinski definition) is 3. The topological polar surface area (TPSA) is 84.2 Å². The van der Waals surface area contributed by atoms with Crippen LogP contribution < -0.4 is 5.32 Å². The summed E-state index contributed by atoms with van der Waals surface area (Å²) in [7, 11) is 0. The number of carbonyl (C=O) groups excluding carboxylic acids is 1. The standard InChI is InChI=1S/C13H15N3O3/c1-8-15-11-5-3-4-10(13(18)19)12(11)16(8)7-6-14-9(2)17/h3-5H,6-7H2,1-2H3,(H,14,17)(H,18,19). The van der Waals surface area contributed by atoms with Crippen molar-refractivity contribution in [2.45, 2.75) is 20.4 Å². The zero-order valence-corrected chi connectivity index (χ0v) is 10.8. The lowest BCUT2D eigenvalue weighted by molar-refractivity contribution is -0.118. The van der Waals surface area contributed by atoms with Gasteiger partial charge in [-0.25, -0.2) is 9.78 Å². The monoisotopic (exact) mass is 261 g/mol. The van der Waals surface area contributed by atoms with Gasteiger partial charge in [-0.15, -0.1) is 0 Å². The van der Waals surface area contributed by atoms with Crippen LogP contribution in [0.3, 0.4) is 0 Å². The van der Waals surface area contributed by atoms with E-state index in [2.05, 4.69) is 10.3 Å². The molecule has 100 valence electrons. The van der Waals surface area contributed by atoms with Gasteiger partial charge in [0.2, 0.25) is 5.91 Å². The number of imidazole rings is 1. The van der Waals surface area contributed by atoms with Crippen molar-refractivity contribution in [3.63, 3.8) is 0 Å². The molecule has 2 aromatic rings. The van der Waals surface area contributed by atoms with Gasteiger partial charge in [0.25, 0.3) is 0 Å². The van der Waals surface area contributed by atoms with E-state index in [0.29, 0.717) is 24.1 Å². The van der Waals surface area contributed by atoms with Crippen molar-refractivity contribution >= 4 is 22.9 Å². The van der Waals surface area contributed by atoms with Crippen LogP contribution in [0, 0.1) is 6.92 Å². The Morgan fingerprint density at radius 1 is 1.42 bits per heavy atom. The predicted molar refractivity (Wildman–Crippen MR) is 70.1 cm³/mol. The third-order valence-electron chi connectivity index (χ3n) is 2.90. The molecule has 0 radical (unpaired) electrons. The van der Waals surface area contributed by atoms with Crippen molar-refractivity contribution in [1.29, 1.82) is 0 Å². The van der Waals surface area contributed by atoms with E-state index in [1.807, 2.05) is 11.5 Å². The highest BCUT2D eigenvalue weighted by atomic mass is 16.4. The van der Waals surface area contributed by atoms with Crippen molar-refractivity contribution in [2.75, 3.05) is 6.54 Å². The number of nitrogens with zero attached hydrogens (tertiary/aromatic N) is 2. The lowest BCUT2D eigenvalue weighted by Crippen LogP contribution is -2.25. The molecule has 1 amide bonds. The van der Waals surface area contributed by atoms with Gasteiger partial charge in [-0.2, -0.15) is 0 Å². The summed E-state index contributed by atoms with van der Waals surface area (Å²) in [5, 5.41) is 11.9. The van der Waals surface area contributed by atoms with E-state index < -0.39 is 5.97 Å². The second kappa shape index (κ2) is 5.09. The highest BCUT2D eigenvalue weighted by Crippen LogP contribution is 2.20. The Morgan fingerprint density at radius 2 is 2.16 bits per heavy atom. The number of hydrogen-bond donors (Lipinski definition) is 2. The van der Waals surface area contributed by atoms with Gasteiger partial charge in [0.15, 0.2) is 0 Å². The number of benzene rings is 1. The van der Waals surface area contributed by atoms with Gasteiger partial charge in [0, 0.05) is 20.0 Å². The Kier molecular flexibility index (Phi) is 3.50. The molecular weight excluding hydrogens is 246 g/mol. The molecule has 0 bridgehead atoms. The maximum atomic E-state index is 11.2. The Hall–Kier alpha value is -2.37. The number of aromatic carboxylic acids is 1. The minimum absolute atomic E-state index is 0.111. The molecule has 1 aromatic heterocycles. The van der Waals surface area contributed by atoms with E-state index in [9.17, 15) is 14.7 Å². The highest BCUT2D eigenvalue weighted by Gasteiger charge is 2.15. The number of carbonyl (C=O) groups is 2. The number of carboxylic acid groups (broad SMARTS) is 1. The first-order chi connectivity index (χ1) is 9.00. The summed E-state index contributed by atoms with van der Waals surface area (Å²) in [5.41, 5.74) is 1.47. The van der Waals surface area contributed by atoms with Gasteiger partial charge in [-0.05, 0) is 19.1 Å². The maximum Gasteiger partial charge on any atom is 0.337 e. The molecule has 0 aliphatic carbocycles. The molecule has 19 heavy (non-hydrogen) atoms. The van der Waals surface area contributed by atoms with Crippen molar-refractivity contribution < 1.29 is 14.7 Å². The van der Waals surface area contributed by atoms with Gasteiger partial charge in [-0.3, -0.25) is 4.79 Å². The zero-order valence-electron chi connectivity index (χ0n) is 10.8. The largest absolute Gasteiger partial charge is 0.478 e. The third kappa shape index (κ3) is 2.57. The second-order valence-electron chi connectivity index (χ2n) is 4.27. The van der Waals surface area contributed by atoms with E-state index in [1.54, 1.807) is 18.2 Å². The summed E-state index contributed by atoms with van der Waals surface area (Å²) >= 11 is 0. The van der Waals surface area contributed by atoms with Crippen LogP contribution in [-0.4, -0.2) is 33.1 Å². The summed E-state index contributed by atoms with van der Waals surface area (Å²) in [5.74, 6) is -0.360. The first-order valence-electron chi connectivity index (χ1n) is 5.94. The number of para-hydroxylation sites is 1. The van der Waals surface area contributed by atoms with Gasteiger partial charge in [0.05, 0.1) is 16.6 Å². The molecule has 0 atom stereocenters. The summed E-state index contributed by atoms with van der Waals surface area (Å²) in [4.78, 5) is 26.5. The van der Waals surface area contributed by atoms with Crippen LogP contribution in [0.1, 0.15) is 23.1 Å². The van der Waals surface area contributed by atoms with Crippen LogP contribution >= 0.6 is 0 Å². The predicted octanol–water partition coefficient (Wildman–Crippen LogP) is 1.18. The van der Waals surface area contributed by atoms with Crippen LogP contribution in [0.2, 0.25) is 0 Å². The molecular formula is C13H15N3O3. The van der Waals surface area contributed by atoms with Crippen molar-refractivity contribution in [1.82, 2.24) is 14.9 Å². The lowest BCUT2D eigenvalue weighted by Gasteiger charge is -2.08. The Balaban J connectivity index is 2.44. The minimum Gasteiger partial charge on any atom is -0.478 e. The third-order valence-corrected chi connectivity index (χ3v) is 2.90. The molecule has 1 aromatic carbocycles. The van der Waals surface area contributed by atoms with Crippen LogP contribution in [0.15, 0.2) is 18.2 Å². The highest BCUT2D eigenvalue weighted by molar-refractivity contribution is 6.01. The van der Waals surface area contributed by atoms with Gasteiger partial charge in [0.1, 0.15) is 5.82 Å². The Morgan fingerprint density at radius 3 is 2.79 bits per heavy atom. The van der Waals surface area contributed by atoms with Crippen LogP contribution in [-0.2, 0) is 11.3 Å². The molecule has 2 N–H and O–H groups in total. The number of aryl methyl sites for hydroxylation is 1. The fourth-order valence-electron chi connectivity index (χ4n) is 2.09. The molecule has 6 heteroatoms. The Bertz CT molecular complexity index is 646. The van der Waals surface area contributed by atoms with Crippen molar-refractivity contribution in [3.05, 3.63) is 29.6 Å². The summed E-state index contributed by atoms with van der Waals surface area (Å²) in [6, 6.07) is 5.01. The summed E-state index contributed by atoms with van der Waals surface area (Å²) in [6.07, 6.45) is 0. The number of carboxylic acids is 1. The molecule has 6 nitrogen and oxygen atoms in total. The number of aromatic nitrogens is 2. The van der Waals surface area contributed by atoms with E-state index in [-0.39, 0.29) is 11.5 Å². The first kappa shape index (κ1) is 13.1. The SMILES string of the molecule is CC(=O)NCCn1c(C)nc2cccc(C(=O)O)c21. The lowest BCUT2D eigenvalue weighted by atomic mass is 10.2. The molecule has 0 aliphatic heterocycles. The average molecular weight is 261 g/mol. The Labute approximate surface area is 110 Å². The summed E-state index contributed by atoms with van der Waals surface area (Å²) < 4.78 is 1.81. The van der Waals surface area contributed by atoms with E-state index in [0.717, 1.165) is 5.82 Å². The normalized spacial score (nSPS) is 10.6. The van der Waals surface area contributed by atoms with E-state index in [1.165, 1.54) is 6.92 Å². The zero-order chi connectivity index (χ0) is 14.0. The molecule has 0 saturated carbocycles. The summed E-state index contributed by atoms with van der Waals surface area (Å²) in [6.45, 7) is 4.20. The van der Waals surface area contributed by atoms with E-state index in [4.69, 9.17) is 0 Å². The van der Waals surface area contributed by atoms with E-state index >= 15 is 0 Å². The fraction of sp³-hybridized carbons (Fsp3) is 0.308. The molecule has 0 aliphatic rings. The quantitative estimate of drug-likeness (QED) is 0.865. The molecule has 0 saturated heterocycles. The fourth-order valence-corrected chi connectivity index (χ4v) is 2.09. The second-order valence-corrected chi connectivity index (χ2v) is 4.27. The molecule has 1 heterocycles. The van der Waals surface area contributed by atoms with Crippen LogP contribution in [0.25, 0.3) is 11.0 Å². The molecule has 0 unspecified atom stereocenters. The molecule has 0 spiro atoms. The van der Waals surface area contributed by atoms with Gasteiger partial charge in [-0.1, -0.05) is 6.07 Å². The molecule has 2 rings (SSSR count). The minimum atomic E-state index is -0.980. The van der Waals surface area contributed by atoms with Gasteiger partial charge >= 0.3 is 5.97 Å². The van der Waals surface area contributed by atoms with Crippen LogP contribution in [0.4, 0.5) is 0 Å². The average Bonchev–Trinajstić information content (AvgIpc) is 2.65. The number of rotatable bonds is 4. The van der Waals surface area contributed by atoms with Gasteiger partial charge < -0.3 is 15.0 Å². The number of amides is 1. The molecule has 0 fully saturated rings. The first-order valence-corrected chi connectivity index (χ1v) is 5.94. The van der Waals surface area contributed by atoms with Crippen LogP contribution in [0.5, 0.6) is 0 Å². The maximum absolute atomic E-state index is 11.2. The number of nitrogens with one attached hydrogen (secondary N) is 1. The smallest absolute Gasteiger partial charge is 0.337 e. The van der Waals surface area contributed by atoms with Crippen molar-refractivity contribution in [3.8, 4) is 0 Å². The number of fused-ring (bicyclic) bond motifs is 1.